The standard InChI is InChI=1S/C50H31N3/c1-3-13-32(14-4-1)47-51-48(33-15-5-2-6-16-33)53-49(52-47)38-26-25-34-29-35(23-24-36(34)30-38)37-27-28-42-41-19-9-12-22-45(41)50(46(42)31-37)43-20-10-7-17-39(43)40-18-8-11-21-44(40)50/h1-31H. The average Bonchev–Trinajstić information content (AvgIpc) is 3.71. The number of rotatable bonds is 4. The van der Waals surface area contributed by atoms with Crippen molar-refractivity contribution in [1.82, 2.24) is 15.0 Å². The molecule has 2 aliphatic rings. The highest BCUT2D eigenvalue weighted by Crippen LogP contribution is 2.63. The highest BCUT2D eigenvalue weighted by Gasteiger charge is 2.51. The molecule has 0 fully saturated rings. The van der Waals surface area contributed by atoms with E-state index >= 15 is 0 Å². The molecule has 246 valence electrons. The van der Waals surface area contributed by atoms with Crippen LogP contribution in [0, 0.1) is 0 Å². The lowest BCUT2D eigenvalue weighted by molar-refractivity contribution is 0.794. The fourth-order valence-corrected chi connectivity index (χ4v) is 8.78. The summed E-state index contributed by atoms with van der Waals surface area (Å²) in [5.74, 6) is 1.98. The molecule has 1 spiro atoms. The van der Waals surface area contributed by atoms with Crippen molar-refractivity contribution < 1.29 is 0 Å². The summed E-state index contributed by atoms with van der Waals surface area (Å²) in [7, 11) is 0. The lowest BCUT2D eigenvalue weighted by Gasteiger charge is -2.30. The van der Waals surface area contributed by atoms with Crippen LogP contribution in [0.3, 0.4) is 0 Å². The normalized spacial score (nSPS) is 13.1. The first-order chi connectivity index (χ1) is 26.3. The molecule has 53 heavy (non-hydrogen) atoms. The summed E-state index contributed by atoms with van der Waals surface area (Å²) in [5.41, 5.74) is 15.6. The Labute approximate surface area is 308 Å². The smallest absolute Gasteiger partial charge is 0.164 e. The lowest BCUT2D eigenvalue weighted by atomic mass is 9.70. The Morgan fingerprint density at radius 3 is 1.17 bits per heavy atom. The Morgan fingerprint density at radius 2 is 0.642 bits per heavy atom. The zero-order valence-electron chi connectivity index (χ0n) is 28.7. The Hall–Kier alpha value is -6.97. The maximum Gasteiger partial charge on any atom is 0.164 e. The molecule has 0 bridgehead atoms. The summed E-state index contributed by atoms with van der Waals surface area (Å²) in [6.07, 6.45) is 0. The zero-order chi connectivity index (χ0) is 34.9. The zero-order valence-corrected chi connectivity index (χ0v) is 28.7. The van der Waals surface area contributed by atoms with Gasteiger partial charge in [0.1, 0.15) is 0 Å². The number of hydrogen-bond acceptors (Lipinski definition) is 3. The fourth-order valence-electron chi connectivity index (χ4n) is 8.78. The first-order valence-electron chi connectivity index (χ1n) is 18.1. The molecule has 3 heteroatoms. The summed E-state index contributed by atoms with van der Waals surface area (Å²) in [6, 6.07) is 67.5. The molecule has 9 aromatic rings. The second-order valence-corrected chi connectivity index (χ2v) is 14.0. The van der Waals surface area contributed by atoms with Gasteiger partial charge in [-0.2, -0.15) is 0 Å². The minimum absolute atomic E-state index is 0.359. The van der Waals surface area contributed by atoms with Gasteiger partial charge in [-0.05, 0) is 84.6 Å². The van der Waals surface area contributed by atoms with Crippen LogP contribution in [0.5, 0.6) is 0 Å². The van der Waals surface area contributed by atoms with Crippen LogP contribution in [0.15, 0.2) is 188 Å². The minimum atomic E-state index is -0.359. The van der Waals surface area contributed by atoms with Gasteiger partial charge in [-0.3, -0.25) is 0 Å². The van der Waals surface area contributed by atoms with Gasteiger partial charge in [0.15, 0.2) is 17.5 Å². The predicted octanol–water partition coefficient (Wildman–Crippen LogP) is 12.0. The molecule has 0 amide bonds. The monoisotopic (exact) mass is 673 g/mol. The first kappa shape index (κ1) is 29.7. The van der Waals surface area contributed by atoms with Gasteiger partial charge < -0.3 is 0 Å². The summed E-state index contributed by atoms with van der Waals surface area (Å²) in [5, 5.41) is 2.31. The number of nitrogens with zero attached hydrogens (tertiary/aromatic N) is 3. The molecule has 8 aromatic carbocycles. The van der Waals surface area contributed by atoms with Crippen molar-refractivity contribution in [3.63, 3.8) is 0 Å². The minimum Gasteiger partial charge on any atom is -0.208 e. The van der Waals surface area contributed by atoms with Crippen molar-refractivity contribution in [3.8, 4) is 67.5 Å². The van der Waals surface area contributed by atoms with Gasteiger partial charge in [-0.1, -0.05) is 170 Å². The molecule has 11 rings (SSSR count). The lowest BCUT2D eigenvalue weighted by Crippen LogP contribution is -2.25. The molecule has 1 aromatic heterocycles. The van der Waals surface area contributed by atoms with Gasteiger partial charge in [0, 0.05) is 16.7 Å². The van der Waals surface area contributed by atoms with E-state index < -0.39 is 0 Å². The van der Waals surface area contributed by atoms with Gasteiger partial charge >= 0.3 is 0 Å². The number of fused-ring (bicyclic) bond motifs is 11. The van der Waals surface area contributed by atoms with Crippen LogP contribution in [0.4, 0.5) is 0 Å². The van der Waals surface area contributed by atoms with Crippen LogP contribution in [0.25, 0.3) is 78.3 Å². The van der Waals surface area contributed by atoms with Crippen molar-refractivity contribution >= 4 is 10.8 Å². The van der Waals surface area contributed by atoms with Gasteiger partial charge in [0.05, 0.1) is 5.41 Å². The molecule has 0 atom stereocenters. The second-order valence-electron chi connectivity index (χ2n) is 14.0. The third-order valence-electron chi connectivity index (χ3n) is 11.1. The van der Waals surface area contributed by atoms with E-state index in [2.05, 4.69) is 127 Å². The van der Waals surface area contributed by atoms with E-state index in [1.807, 2.05) is 60.7 Å². The molecule has 0 unspecified atom stereocenters. The number of hydrogen-bond donors (Lipinski definition) is 0. The molecule has 3 nitrogen and oxygen atoms in total. The van der Waals surface area contributed by atoms with Crippen LogP contribution >= 0.6 is 0 Å². The molecule has 2 aliphatic carbocycles. The molecule has 0 aliphatic heterocycles. The maximum atomic E-state index is 4.97. The van der Waals surface area contributed by atoms with Crippen molar-refractivity contribution in [2.75, 3.05) is 0 Å². The summed E-state index contributed by atoms with van der Waals surface area (Å²) in [6.45, 7) is 0. The van der Waals surface area contributed by atoms with Crippen molar-refractivity contribution in [2.45, 2.75) is 5.41 Å². The summed E-state index contributed by atoms with van der Waals surface area (Å²) >= 11 is 0. The molecule has 1 heterocycles. The second kappa shape index (κ2) is 11.5. The Morgan fingerprint density at radius 1 is 0.264 bits per heavy atom. The molecular weight excluding hydrogens is 643 g/mol. The van der Waals surface area contributed by atoms with Crippen LogP contribution in [-0.4, -0.2) is 15.0 Å². The van der Waals surface area contributed by atoms with E-state index in [0.717, 1.165) is 22.1 Å². The quantitative estimate of drug-likeness (QED) is 0.187. The Balaban J connectivity index is 1.03. The Bertz CT molecular complexity index is 2770. The fraction of sp³-hybridized carbons (Fsp3) is 0.0200. The highest BCUT2D eigenvalue weighted by atomic mass is 15.0. The topological polar surface area (TPSA) is 38.7 Å². The van der Waals surface area contributed by atoms with Crippen LogP contribution in [-0.2, 0) is 5.41 Å². The van der Waals surface area contributed by atoms with Crippen LogP contribution in [0.1, 0.15) is 22.3 Å². The Kier molecular flexibility index (Phi) is 6.47. The predicted molar refractivity (Wildman–Crippen MR) is 215 cm³/mol. The van der Waals surface area contributed by atoms with E-state index in [0.29, 0.717) is 17.5 Å². The first-order valence-corrected chi connectivity index (χ1v) is 18.1. The van der Waals surface area contributed by atoms with Gasteiger partial charge in [0.25, 0.3) is 0 Å². The van der Waals surface area contributed by atoms with E-state index in [4.69, 9.17) is 15.0 Å². The summed E-state index contributed by atoms with van der Waals surface area (Å²) in [4.78, 5) is 14.8. The maximum absolute atomic E-state index is 4.97. The van der Waals surface area contributed by atoms with Gasteiger partial charge in [-0.25, -0.2) is 15.0 Å². The van der Waals surface area contributed by atoms with Crippen LogP contribution in [0.2, 0.25) is 0 Å². The molecule has 0 N–H and O–H groups in total. The number of aromatic nitrogens is 3. The average molecular weight is 674 g/mol. The van der Waals surface area contributed by atoms with E-state index in [1.165, 1.54) is 61.0 Å². The van der Waals surface area contributed by atoms with Crippen molar-refractivity contribution in [2.24, 2.45) is 0 Å². The van der Waals surface area contributed by atoms with Crippen molar-refractivity contribution in [1.29, 1.82) is 0 Å². The third kappa shape index (κ3) is 4.44. The molecular formula is C50H31N3. The van der Waals surface area contributed by atoms with E-state index in [-0.39, 0.29) is 5.41 Å². The largest absolute Gasteiger partial charge is 0.208 e. The SMILES string of the molecule is c1ccc(-c2nc(-c3ccccc3)nc(-c3ccc4cc(-c5ccc6c(c5)C5(c7ccccc7-c7ccccc75)c5ccccc5-6)ccc4c3)n2)cc1. The van der Waals surface area contributed by atoms with E-state index in [1.54, 1.807) is 0 Å². The van der Waals surface area contributed by atoms with E-state index in [9.17, 15) is 0 Å². The number of benzene rings is 8. The highest BCUT2D eigenvalue weighted by molar-refractivity contribution is 5.97. The van der Waals surface area contributed by atoms with Crippen molar-refractivity contribution in [3.05, 3.63) is 210 Å². The molecule has 0 radical (unpaired) electrons. The molecule has 0 saturated carbocycles. The van der Waals surface area contributed by atoms with Gasteiger partial charge in [-0.15, -0.1) is 0 Å². The van der Waals surface area contributed by atoms with Crippen LogP contribution < -0.4 is 0 Å². The van der Waals surface area contributed by atoms with Gasteiger partial charge in [0.2, 0.25) is 0 Å². The molecule has 0 saturated heterocycles. The third-order valence-corrected chi connectivity index (χ3v) is 11.1. The summed E-state index contributed by atoms with van der Waals surface area (Å²) < 4.78 is 0.